The van der Waals surface area contributed by atoms with Crippen molar-refractivity contribution in [2.24, 2.45) is 5.73 Å². The van der Waals surface area contributed by atoms with Crippen molar-refractivity contribution in [3.05, 3.63) is 29.8 Å². The van der Waals surface area contributed by atoms with Crippen molar-refractivity contribution in [1.29, 1.82) is 0 Å². The maximum Gasteiger partial charge on any atom is 0.323 e. The van der Waals surface area contributed by atoms with Crippen LogP contribution in [0.15, 0.2) is 24.3 Å². The molecule has 1 aromatic rings. The van der Waals surface area contributed by atoms with E-state index < -0.39 is 17.4 Å². The zero-order chi connectivity index (χ0) is 15.3. The van der Waals surface area contributed by atoms with Gasteiger partial charge in [-0.05, 0) is 38.6 Å². The molecule has 0 saturated carbocycles. The van der Waals surface area contributed by atoms with Crippen LogP contribution >= 0.6 is 0 Å². The lowest BCUT2D eigenvalue weighted by atomic mass is 10.0. The van der Waals surface area contributed by atoms with Crippen molar-refractivity contribution in [1.82, 2.24) is 4.90 Å². The molecule has 0 saturated heterocycles. The van der Waals surface area contributed by atoms with Crippen molar-refractivity contribution in [3.63, 3.8) is 0 Å². The number of carbonyl (C=O) groups excluding carboxylic acids is 1. The number of aliphatic carboxylic acids is 1. The number of benzene rings is 1. The average Bonchev–Trinajstić information content (AvgIpc) is 2.37. The molecule has 6 heteroatoms. The summed E-state index contributed by atoms with van der Waals surface area (Å²) < 4.78 is 5.15. The number of hydrogen-bond acceptors (Lipinski definition) is 4. The van der Waals surface area contributed by atoms with E-state index in [0.717, 1.165) is 5.56 Å². The predicted molar refractivity (Wildman–Crippen MR) is 74.3 cm³/mol. The van der Waals surface area contributed by atoms with Crippen molar-refractivity contribution >= 4 is 11.9 Å². The van der Waals surface area contributed by atoms with Crippen molar-refractivity contribution < 1.29 is 19.4 Å². The molecule has 0 unspecified atom stereocenters. The molecule has 0 aliphatic rings. The molecular weight excluding hydrogens is 260 g/mol. The second kappa shape index (κ2) is 6.38. The molecule has 0 spiro atoms. The Kier molecular flexibility index (Phi) is 5.10. The van der Waals surface area contributed by atoms with Gasteiger partial charge >= 0.3 is 5.97 Å². The first-order valence-electron chi connectivity index (χ1n) is 6.18. The minimum Gasteiger partial charge on any atom is -0.484 e. The van der Waals surface area contributed by atoms with Crippen LogP contribution in [0.25, 0.3) is 0 Å². The molecule has 1 amide bonds. The van der Waals surface area contributed by atoms with Gasteiger partial charge in [0.15, 0.2) is 6.61 Å². The zero-order valence-electron chi connectivity index (χ0n) is 11.9. The minimum atomic E-state index is -0.943. The standard InChI is InChI=1S/C14H20N2O4/c1-14(2,13(18)19)16(3)8-10-4-6-11(7-5-10)20-9-12(15)17/h4-7H,8-9H2,1-3H3,(H2,15,17)(H,18,19). The Morgan fingerprint density at radius 2 is 1.85 bits per heavy atom. The molecule has 110 valence electrons. The van der Waals surface area contributed by atoms with Crippen LogP contribution in [0.5, 0.6) is 5.75 Å². The van der Waals surface area contributed by atoms with Gasteiger partial charge in [0, 0.05) is 6.54 Å². The first-order chi connectivity index (χ1) is 9.23. The van der Waals surface area contributed by atoms with Crippen LogP contribution in [-0.2, 0) is 16.1 Å². The molecule has 1 rings (SSSR count). The normalized spacial score (nSPS) is 11.4. The number of primary amides is 1. The van der Waals surface area contributed by atoms with Gasteiger partial charge in [0.1, 0.15) is 11.3 Å². The molecular formula is C14H20N2O4. The number of hydrogen-bond donors (Lipinski definition) is 2. The van der Waals surface area contributed by atoms with Crippen LogP contribution < -0.4 is 10.5 Å². The third-order valence-electron chi connectivity index (χ3n) is 3.20. The molecule has 0 aliphatic carbocycles. The smallest absolute Gasteiger partial charge is 0.323 e. The number of nitrogens with zero attached hydrogens (tertiary/aromatic N) is 1. The molecule has 0 heterocycles. The highest BCUT2D eigenvalue weighted by Gasteiger charge is 2.31. The lowest BCUT2D eigenvalue weighted by Crippen LogP contribution is -2.47. The Labute approximate surface area is 118 Å². The zero-order valence-corrected chi connectivity index (χ0v) is 11.9. The molecule has 3 N–H and O–H groups in total. The topological polar surface area (TPSA) is 92.9 Å². The summed E-state index contributed by atoms with van der Waals surface area (Å²) in [6, 6.07) is 7.09. The summed E-state index contributed by atoms with van der Waals surface area (Å²) in [6.07, 6.45) is 0. The first-order valence-corrected chi connectivity index (χ1v) is 6.18. The summed E-state index contributed by atoms with van der Waals surface area (Å²) in [5.41, 5.74) is 4.99. The molecule has 0 atom stereocenters. The van der Waals surface area contributed by atoms with Gasteiger partial charge in [-0.15, -0.1) is 0 Å². The van der Waals surface area contributed by atoms with Gasteiger partial charge in [-0.3, -0.25) is 14.5 Å². The highest BCUT2D eigenvalue weighted by Crippen LogP contribution is 2.18. The highest BCUT2D eigenvalue weighted by atomic mass is 16.5. The van der Waals surface area contributed by atoms with Crippen molar-refractivity contribution in [3.8, 4) is 5.75 Å². The van der Waals surface area contributed by atoms with Crippen LogP contribution in [0.4, 0.5) is 0 Å². The van der Waals surface area contributed by atoms with E-state index in [1.165, 1.54) is 0 Å². The molecule has 0 radical (unpaired) electrons. The van der Waals surface area contributed by atoms with Crippen molar-refractivity contribution in [2.75, 3.05) is 13.7 Å². The number of rotatable bonds is 7. The van der Waals surface area contributed by atoms with Crippen LogP contribution in [-0.4, -0.2) is 41.1 Å². The number of likely N-dealkylation sites (N-methyl/N-ethyl adjacent to an activating group) is 1. The maximum atomic E-state index is 11.2. The molecule has 1 aromatic carbocycles. The fourth-order valence-corrected chi connectivity index (χ4v) is 1.48. The first kappa shape index (κ1) is 16.0. The third-order valence-corrected chi connectivity index (χ3v) is 3.20. The summed E-state index contributed by atoms with van der Waals surface area (Å²) in [7, 11) is 1.76. The number of ether oxygens (including phenoxy) is 1. The van der Waals surface area contributed by atoms with Crippen LogP contribution in [0.1, 0.15) is 19.4 Å². The van der Waals surface area contributed by atoms with Crippen LogP contribution in [0.3, 0.4) is 0 Å². The van der Waals surface area contributed by atoms with Gasteiger partial charge in [-0.1, -0.05) is 12.1 Å². The summed E-state index contributed by atoms with van der Waals surface area (Å²) in [5.74, 6) is -0.855. The van der Waals surface area contributed by atoms with E-state index in [1.807, 2.05) is 12.1 Å². The van der Waals surface area contributed by atoms with E-state index in [0.29, 0.717) is 12.3 Å². The Bertz CT molecular complexity index is 482. The van der Waals surface area contributed by atoms with Crippen LogP contribution in [0, 0.1) is 0 Å². The maximum absolute atomic E-state index is 11.2. The third kappa shape index (κ3) is 4.24. The Balaban J connectivity index is 2.66. The number of nitrogens with two attached hydrogens (primary N) is 1. The van der Waals surface area contributed by atoms with Gasteiger partial charge in [0.25, 0.3) is 5.91 Å². The summed E-state index contributed by atoms with van der Waals surface area (Å²) in [4.78, 5) is 23.5. The molecule has 20 heavy (non-hydrogen) atoms. The monoisotopic (exact) mass is 280 g/mol. The van der Waals surface area contributed by atoms with E-state index in [2.05, 4.69) is 0 Å². The van der Waals surface area contributed by atoms with Gasteiger partial charge < -0.3 is 15.6 Å². The summed E-state index contributed by atoms with van der Waals surface area (Å²) >= 11 is 0. The fraction of sp³-hybridized carbons (Fsp3) is 0.429. The van der Waals surface area contributed by atoms with E-state index >= 15 is 0 Å². The lowest BCUT2D eigenvalue weighted by Gasteiger charge is -2.31. The van der Waals surface area contributed by atoms with E-state index in [1.54, 1.807) is 37.9 Å². The summed E-state index contributed by atoms with van der Waals surface area (Å²) in [5, 5.41) is 9.15. The van der Waals surface area contributed by atoms with Gasteiger partial charge in [-0.25, -0.2) is 0 Å². The lowest BCUT2D eigenvalue weighted by molar-refractivity contribution is -0.148. The number of carboxylic acid groups (broad SMARTS) is 1. The molecule has 0 fully saturated rings. The van der Waals surface area contributed by atoms with Gasteiger partial charge in [-0.2, -0.15) is 0 Å². The Hall–Kier alpha value is -2.08. The Morgan fingerprint density at radius 3 is 2.30 bits per heavy atom. The van der Waals surface area contributed by atoms with E-state index in [9.17, 15) is 9.59 Å². The average molecular weight is 280 g/mol. The molecule has 6 nitrogen and oxygen atoms in total. The quantitative estimate of drug-likeness (QED) is 0.772. The van der Waals surface area contributed by atoms with Crippen molar-refractivity contribution in [2.45, 2.75) is 25.9 Å². The number of amides is 1. The predicted octanol–water partition coefficient (Wildman–Crippen LogP) is 0.846. The van der Waals surface area contributed by atoms with E-state index in [-0.39, 0.29) is 6.61 Å². The van der Waals surface area contributed by atoms with Gasteiger partial charge in [0.05, 0.1) is 0 Å². The molecule has 0 aliphatic heterocycles. The largest absolute Gasteiger partial charge is 0.484 e. The number of carbonyl (C=O) groups is 2. The van der Waals surface area contributed by atoms with Gasteiger partial charge in [0.2, 0.25) is 0 Å². The summed E-state index contributed by atoms with van der Waals surface area (Å²) in [6.45, 7) is 3.64. The van der Waals surface area contributed by atoms with Crippen LogP contribution in [0.2, 0.25) is 0 Å². The van der Waals surface area contributed by atoms with E-state index in [4.69, 9.17) is 15.6 Å². The second-order valence-electron chi connectivity index (χ2n) is 5.12. The second-order valence-corrected chi connectivity index (χ2v) is 5.12. The highest BCUT2D eigenvalue weighted by molar-refractivity contribution is 5.77. The fourth-order valence-electron chi connectivity index (χ4n) is 1.48. The minimum absolute atomic E-state index is 0.161. The SMILES string of the molecule is CN(Cc1ccc(OCC(N)=O)cc1)C(C)(C)C(=O)O. The molecule has 0 aromatic heterocycles. The Morgan fingerprint density at radius 1 is 1.30 bits per heavy atom. The molecule has 0 bridgehead atoms. The number of carboxylic acids is 1.